The van der Waals surface area contributed by atoms with E-state index >= 15 is 0 Å². The second-order valence-electron chi connectivity index (χ2n) is 6.75. The Morgan fingerprint density at radius 2 is 1.79 bits per heavy atom. The zero-order chi connectivity index (χ0) is 20.5. The molecule has 1 aliphatic heterocycles. The van der Waals surface area contributed by atoms with E-state index in [-0.39, 0.29) is 16.1 Å². The number of ether oxygens (including phenoxy) is 1. The molecule has 0 aromatic heterocycles. The zero-order valence-electron chi connectivity index (χ0n) is 14.5. The van der Waals surface area contributed by atoms with Gasteiger partial charge in [-0.15, -0.1) is 0 Å². The Labute approximate surface area is 164 Å². The van der Waals surface area contributed by atoms with Crippen LogP contribution in [0.5, 0.6) is 0 Å². The number of fused-ring (bicyclic) bond motifs is 1. The van der Waals surface area contributed by atoms with Gasteiger partial charge in [-0.05, 0) is 0 Å². The Hall–Kier alpha value is -1.30. The van der Waals surface area contributed by atoms with Crippen molar-refractivity contribution < 1.29 is 38.9 Å². The summed E-state index contributed by atoms with van der Waals surface area (Å²) in [5.74, 6) is -1.42. The topological polar surface area (TPSA) is 35.5 Å². The van der Waals surface area contributed by atoms with Crippen molar-refractivity contribution in [2.45, 2.75) is 37.7 Å². The quantitative estimate of drug-likeness (QED) is 0.300. The fraction of sp³-hybridized carbons (Fsp3) is 0.500. The van der Waals surface area contributed by atoms with Gasteiger partial charge in [-0.2, -0.15) is 0 Å². The van der Waals surface area contributed by atoms with Gasteiger partial charge in [0.25, 0.3) is 0 Å². The van der Waals surface area contributed by atoms with E-state index in [0.29, 0.717) is 9.15 Å². The van der Waals surface area contributed by atoms with Gasteiger partial charge in [0.1, 0.15) is 0 Å². The van der Waals surface area contributed by atoms with Crippen LogP contribution < -0.4 is 0 Å². The van der Waals surface area contributed by atoms with E-state index in [1.165, 1.54) is 12.1 Å². The van der Waals surface area contributed by atoms with Crippen LogP contribution in [-0.2, 0) is 18.2 Å². The van der Waals surface area contributed by atoms with E-state index in [9.17, 15) is 31.1 Å². The Morgan fingerprint density at radius 3 is 2.32 bits per heavy atom. The number of alkyl halides is 6. The van der Waals surface area contributed by atoms with Gasteiger partial charge in [-0.1, -0.05) is 0 Å². The first-order valence-corrected chi connectivity index (χ1v) is 11.6. The molecule has 0 amide bonds. The summed E-state index contributed by atoms with van der Waals surface area (Å²) < 4.78 is 92.8. The molecule has 1 aromatic carbocycles. The third-order valence-electron chi connectivity index (χ3n) is 4.91. The van der Waals surface area contributed by atoms with Crippen LogP contribution in [0.25, 0.3) is 0 Å². The number of hydrogen-bond donors (Lipinski definition) is 0. The molecule has 0 saturated heterocycles. The van der Waals surface area contributed by atoms with Gasteiger partial charge in [-0.3, -0.25) is 0 Å². The molecule has 10 heteroatoms. The van der Waals surface area contributed by atoms with Crippen LogP contribution in [0.4, 0.5) is 26.3 Å². The predicted octanol–water partition coefficient (Wildman–Crippen LogP) is 5.48. The van der Waals surface area contributed by atoms with Crippen molar-refractivity contribution in [1.82, 2.24) is 0 Å². The van der Waals surface area contributed by atoms with E-state index in [1.54, 1.807) is 6.92 Å². The average molecular weight is 520 g/mol. The van der Waals surface area contributed by atoms with Crippen molar-refractivity contribution in [3.05, 3.63) is 42.6 Å². The minimum absolute atomic E-state index is 0.0317. The summed E-state index contributed by atoms with van der Waals surface area (Å²) in [5.41, 5.74) is -4.62. The molecule has 3 aliphatic rings. The Balaban J connectivity index is 1.82. The summed E-state index contributed by atoms with van der Waals surface area (Å²) in [6, 6.07) is 4.62. The summed E-state index contributed by atoms with van der Waals surface area (Å²) in [5, 5.41) is 0. The number of hydrogen-bond acceptors (Lipinski definition) is 3. The van der Waals surface area contributed by atoms with Crippen LogP contribution in [0.15, 0.2) is 33.4 Å². The van der Waals surface area contributed by atoms with Crippen LogP contribution in [0.1, 0.15) is 25.3 Å². The summed E-state index contributed by atoms with van der Waals surface area (Å²) in [6.45, 7) is 1.68. The molecule has 3 nitrogen and oxygen atoms in total. The molecule has 0 N–H and O–H groups in total. The molecule has 1 atom stereocenters. The maximum absolute atomic E-state index is 13.8. The Morgan fingerprint density at radius 1 is 1.18 bits per heavy atom. The van der Waals surface area contributed by atoms with Crippen molar-refractivity contribution in [2.24, 2.45) is 11.8 Å². The molecular formula is C18H15F6IO3. The molecule has 154 valence electrons. The van der Waals surface area contributed by atoms with Gasteiger partial charge in [0.15, 0.2) is 0 Å². The molecule has 4 rings (SSSR count). The number of benzene rings is 1. The third kappa shape index (κ3) is 2.78. The van der Waals surface area contributed by atoms with Crippen LogP contribution in [0, 0.1) is 15.4 Å². The number of rotatable bonds is 4. The van der Waals surface area contributed by atoms with E-state index in [0.717, 1.165) is 25.0 Å². The molecule has 1 fully saturated rings. The molecule has 1 unspecified atom stereocenters. The summed E-state index contributed by atoms with van der Waals surface area (Å²) in [6.07, 6.45) is -9.82. The molecule has 1 saturated carbocycles. The third-order valence-corrected chi connectivity index (χ3v) is 10.3. The molecule has 0 radical (unpaired) electrons. The Kier molecular flexibility index (Phi) is 4.53. The minimum atomic E-state index is -5.68. The summed E-state index contributed by atoms with van der Waals surface area (Å²) in [7, 11) is 0. The first-order valence-electron chi connectivity index (χ1n) is 8.57. The Bertz CT molecular complexity index is 842. The normalized spacial score (nSPS) is 25.0. The number of carbonyl (C=O) groups excluding carboxylic acids is 1. The number of carbonyl (C=O) groups is 1. The molecule has 0 spiro atoms. The first-order chi connectivity index (χ1) is 13.0. The van der Waals surface area contributed by atoms with Crippen molar-refractivity contribution >= 4 is 26.2 Å². The van der Waals surface area contributed by atoms with E-state index in [4.69, 9.17) is 7.80 Å². The fourth-order valence-corrected chi connectivity index (χ4v) is 9.93. The van der Waals surface area contributed by atoms with Gasteiger partial charge in [0.2, 0.25) is 0 Å². The standard InChI is InChI=1S/C18H15F6IO3/c1-2-27-15(26)13-12(9-7-8-9)14(13)25-11-6-4-3-5-10(11)16(28-25,17(19,20)21)18(22,23)24/h3-6,9,13H,2,7-8H2,1H3. The van der Waals surface area contributed by atoms with Gasteiger partial charge < -0.3 is 0 Å². The zero-order valence-corrected chi connectivity index (χ0v) is 16.6. The predicted molar refractivity (Wildman–Crippen MR) is 93.9 cm³/mol. The number of esters is 1. The molecule has 2 aliphatic carbocycles. The first kappa shape index (κ1) is 20.0. The molecule has 1 aromatic rings. The van der Waals surface area contributed by atoms with Crippen LogP contribution in [0.2, 0.25) is 0 Å². The van der Waals surface area contributed by atoms with Crippen LogP contribution in [0.3, 0.4) is 0 Å². The number of halogens is 7. The van der Waals surface area contributed by atoms with Gasteiger partial charge in [-0.25, -0.2) is 0 Å². The van der Waals surface area contributed by atoms with E-state index < -0.39 is 55.6 Å². The molecule has 1 heterocycles. The van der Waals surface area contributed by atoms with Crippen LogP contribution >= 0.6 is 20.2 Å². The maximum atomic E-state index is 13.8. The second-order valence-corrected chi connectivity index (χ2v) is 10.9. The SMILES string of the molecule is CCOC(=O)C1C(C2CC2)=C1I1OC(C(F)(F)F)(C(F)(F)F)c2ccccc21. The van der Waals surface area contributed by atoms with Crippen LogP contribution in [-0.4, -0.2) is 24.9 Å². The average Bonchev–Trinajstić information content (AvgIpc) is 3.48. The second kappa shape index (κ2) is 6.35. The monoisotopic (exact) mass is 520 g/mol. The summed E-state index contributed by atoms with van der Waals surface area (Å²) >= 11 is -3.56. The molecule has 28 heavy (non-hydrogen) atoms. The van der Waals surface area contributed by atoms with Crippen molar-refractivity contribution in [2.75, 3.05) is 6.61 Å². The van der Waals surface area contributed by atoms with E-state index in [2.05, 4.69) is 0 Å². The van der Waals surface area contributed by atoms with Gasteiger partial charge in [0, 0.05) is 0 Å². The van der Waals surface area contributed by atoms with Gasteiger partial charge >= 0.3 is 164 Å². The van der Waals surface area contributed by atoms with Crippen molar-refractivity contribution in [3.8, 4) is 0 Å². The van der Waals surface area contributed by atoms with E-state index in [1.807, 2.05) is 0 Å². The molecule has 0 bridgehead atoms. The van der Waals surface area contributed by atoms with Crippen molar-refractivity contribution in [3.63, 3.8) is 0 Å². The fourth-order valence-electron chi connectivity index (χ4n) is 3.49. The molecular weight excluding hydrogens is 505 g/mol. The van der Waals surface area contributed by atoms with Crippen molar-refractivity contribution in [1.29, 1.82) is 0 Å². The van der Waals surface area contributed by atoms with Gasteiger partial charge in [0.05, 0.1) is 0 Å². The summed E-state index contributed by atoms with van der Waals surface area (Å²) in [4.78, 5) is 12.2.